The Morgan fingerprint density at radius 3 is 2.27 bits per heavy atom. The maximum Gasteiger partial charge on any atom is 0.393 e. The van der Waals surface area contributed by atoms with E-state index in [0.717, 1.165) is 21.3 Å². The summed E-state index contributed by atoms with van der Waals surface area (Å²) < 4.78 is 71.4. The number of halogens is 5. The van der Waals surface area contributed by atoms with E-state index < -0.39 is 59.7 Å². The first-order valence-corrected chi connectivity index (χ1v) is 11.9. The van der Waals surface area contributed by atoms with Crippen LogP contribution in [-0.4, -0.2) is 28.4 Å². The van der Waals surface area contributed by atoms with Crippen LogP contribution in [0, 0.1) is 24.5 Å². The van der Waals surface area contributed by atoms with Crippen molar-refractivity contribution in [2.45, 2.75) is 45.1 Å². The van der Waals surface area contributed by atoms with Gasteiger partial charge in [-0.15, -0.1) is 0 Å². The average Bonchev–Trinajstić information content (AvgIpc) is 2.86. The minimum atomic E-state index is -4.45. The Balaban J connectivity index is 1.86. The third-order valence-corrected chi connectivity index (χ3v) is 6.84. The Morgan fingerprint density at radius 1 is 1.00 bits per heavy atom. The maximum absolute atomic E-state index is 14.5. The van der Waals surface area contributed by atoms with Gasteiger partial charge in [0.2, 0.25) is 0 Å². The van der Waals surface area contributed by atoms with E-state index in [2.05, 4.69) is 0 Å². The topological polar surface area (TPSA) is 73.3 Å². The van der Waals surface area contributed by atoms with Crippen molar-refractivity contribution in [3.05, 3.63) is 97.8 Å². The van der Waals surface area contributed by atoms with Crippen LogP contribution >= 0.6 is 0 Å². The number of hydrogen-bond donors (Lipinski definition) is 1. The molecule has 3 aromatic rings. The van der Waals surface area contributed by atoms with Crippen molar-refractivity contribution >= 4 is 5.69 Å². The summed E-state index contributed by atoms with van der Waals surface area (Å²) >= 11 is 0. The Morgan fingerprint density at radius 2 is 1.65 bits per heavy atom. The molecule has 4 rings (SSSR count). The second-order valence-electron chi connectivity index (χ2n) is 9.26. The summed E-state index contributed by atoms with van der Waals surface area (Å²) in [7, 11) is 0. The van der Waals surface area contributed by atoms with Gasteiger partial charge in [0.05, 0.1) is 19.0 Å². The van der Waals surface area contributed by atoms with E-state index in [4.69, 9.17) is 5.73 Å². The van der Waals surface area contributed by atoms with E-state index in [1.54, 1.807) is 30.3 Å². The van der Waals surface area contributed by atoms with Gasteiger partial charge < -0.3 is 10.6 Å². The lowest BCUT2D eigenvalue weighted by Gasteiger charge is -2.36. The smallest absolute Gasteiger partial charge is 0.365 e. The molecule has 0 amide bonds. The second-order valence-corrected chi connectivity index (χ2v) is 9.26. The van der Waals surface area contributed by atoms with Gasteiger partial charge in [-0.3, -0.25) is 13.9 Å². The predicted octanol–water partition coefficient (Wildman–Crippen LogP) is 4.12. The fraction of sp³-hybridized carbons (Fsp3) is 0.385. The van der Waals surface area contributed by atoms with Crippen molar-refractivity contribution in [1.82, 2.24) is 9.13 Å². The SMILES string of the molecule is Cc1c(N2CCCC(C(F)(F)F)C2)c(=O)n(CC(N)c2ccccc2)c(=O)n1Cc1c(F)cccc1F. The van der Waals surface area contributed by atoms with E-state index in [9.17, 15) is 31.5 Å². The number of rotatable bonds is 6. The summed E-state index contributed by atoms with van der Waals surface area (Å²) in [4.78, 5) is 28.4. The molecular weight excluding hydrogens is 495 g/mol. The molecule has 11 heteroatoms. The van der Waals surface area contributed by atoms with Crippen LogP contribution in [0.25, 0.3) is 0 Å². The molecule has 0 saturated carbocycles. The minimum Gasteiger partial charge on any atom is -0.365 e. The number of nitrogens with zero attached hydrogens (tertiary/aromatic N) is 3. The van der Waals surface area contributed by atoms with Gasteiger partial charge in [0.15, 0.2) is 0 Å². The van der Waals surface area contributed by atoms with Crippen molar-refractivity contribution in [3.8, 4) is 0 Å². The van der Waals surface area contributed by atoms with Gasteiger partial charge >= 0.3 is 11.9 Å². The molecule has 0 spiro atoms. The lowest BCUT2D eigenvalue weighted by Crippen LogP contribution is -2.49. The van der Waals surface area contributed by atoms with E-state index in [1.165, 1.54) is 17.9 Å². The summed E-state index contributed by atoms with van der Waals surface area (Å²) in [5, 5.41) is 0. The highest BCUT2D eigenvalue weighted by atomic mass is 19.4. The highest BCUT2D eigenvalue weighted by Crippen LogP contribution is 2.34. The number of alkyl halides is 3. The van der Waals surface area contributed by atoms with Crippen LogP contribution in [0.1, 0.15) is 35.7 Å². The second kappa shape index (κ2) is 10.5. The lowest BCUT2D eigenvalue weighted by molar-refractivity contribution is -0.176. The maximum atomic E-state index is 14.5. The number of piperidine rings is 1. The Hall–Kier alpha value is -3.47. The molecule has 1 saturated heterocycles. The zero-order chi connectivity index (χ0) is 26.9. The first-order chi connectivity index (χ1) is 17.5. The van der Waals surface area contributed by atoms with Gasteiger partial charge in [-0.1, -0.05) is 36.4 Å². The molecular formula is C26H27F5N4O2. The van der Waals surface area contributed by atoms with Crippen LogP contribution in [0.3, 0.4) is 0 Å². The molecule has 37 heavy (non-hydrogen) atoms. The van der Waals surface area contributed by atoms with Gasteiger partial charge in [0, 0.05) is 30.4 Å². The molecule has 1 aliphatic rings. The average molecular weight is 523 g/mol. The summed E-state index contributed by atoms with van der Waals surface area (Å²) in [6.45, 7) is 0.282. The quantitative estimate of drug-likeness (QED) is 0.495. The molecule has 0 radical (unpaired) electrons. The monoisotopic (exact) mass is 522 g/mol. The van der Waals surface area contributed by atoms with Crippen LogP contribution in [0.15, 0.2) is 58.1 Å². The standard InChI is InChI=1S/C26H27F5N4O2/c1-16-23(33-12-6-9-18(13-33)26(29,30)31)24(36)35(15-22(32)17-7-3-2-4-8-17)25(37)34(16)14-19-20(27)10-5-11-21(19)28/h2-5,7-8,10-11,18,22H,6,9,12-15,32H2,1H3. The number of hydrogen-bond acceptors (Lipinski definition) is 4. The first kappa shape index (κ1) is 26.6. The van der Waals surface area contributed by atoms with E-state index in [0.29, 0.717) is 5.56 Å². The summed E-state index contributed by atoms with van der Waals surface area (Å²) in [5.74, 6) is -3.42. The molecule has 6 nitrogen and oxygen atoms in total. The molecule has 198 valence electrons. The van der Waals surface area contributed by atoms with Gasteiger partial charge in [-0.25, -0.2) is 13.6 Å². The summed E-state index contributed by atoms with van der Waals surface area (Å²) in [5.41, 5.74) is 4.79. The van der Waals surface area contributed by atoms with Gasteiger partial charge in [0.1, 0.15) is 17.3 Å². The van der Waals surface area contributed by atoms with Gasteiger partial charge in [-0.2, -0.15) is 13.2 Å². The molecule has 2 unspecified atom stereocenters. The van der Waals surface area contributed by atoms with Crippen LogP contribution < -0.4 is 21.9 Å². The van der Waals surface area contributed by atoms with E-state index >= 15 is 0 Å². The van der Waals surface area contributed by atoms with Gasteiger partial charge in [0.25, 0.3) is 5.56 Å². The Bertz CT molecular complexity index is 1360. The van der Waals surface area contributed by atoms with Crippen LogP contribution in [0.4, 0.5) is 27.6 Å². The third-order valence-electron chi connectivity index (χ3n) is 6.84. The van der Waals surface area contributed by atoms with Crippen LogP contribution in [0.5, 0.6) is 0 Å². The summed E-state index contributed by atoms with van der Waals surface area (Å²) in [6.07, 6.45) is -4.34. The number of anilines is 1. The molecule has 1 aromatic heterocycles. The lowest BCUT2D eigenvalue weighted by atomic mass is 9.97. The van der Waals surface area contributed by atoms with Crippen molar-refractivity contribution < 1.29 is 22.0 Å². The minimum absolute atomic E-state index is 0.0324. The fourth-order valence-corrected chi connectivity index (χ4v) is 4.79. The van der Waals surface area contributed by atoms with Crippen molar-refractivity contribution in [1.29, 1.82) is 0 Å². The van der Waals surface area contributed by atoms with Gasteiger partial charge in [-0.05, 0) is 37.5 Å². The Labute approximate surface area is 209 Å². The molecule has 0 bridgehead atoms. The van der Waals surface area contributed by atoms with Crippen molar-refractivity contribution in [2.24, 2.45) is 11.7 Å². The van der Waals surface area contributed by atoms with Crippen LogP contribution in [-0.2, 0) is 13.1 Å². The third kappa shape index (κ3) is 5.46. The van der Waals surface area contributed by atoms with Crippen molar-refractivity contribution in [3.63, 3.8) is 0 Å². The number of benzene rings is 2. The molecule has 0 aliphatic carbocycles. The molecule has 2 heterocycles. The highest BCUT2D eigenvalue weighted by Gasteiger charge is 2.42. The number of nitrogens with two attached hydrogens (primary N) is 1. The highest BCUT2D eigenvalue weighted by molar-refractivity contribution is 5.50. The summed E-state index contributed by atoms with van der Waals surface area (Å²) in [6, 6.07) is 11.2. The molecule has 1 fully saturated rings. The largest absolute Gasteiger partial charge is 0.393 e. The zero-order valence-corrected chi connectivity index (χ0v) is 20.1. The van der Waals surface area contributed by atoms with E-state index in [1.807, 2.05) is 0 Å². The fourth-order valence-electron chi connectivity index (χ4n) is 4.79. The Kier molecular flexibility index (Phi) is 7.54. The zero-order valence-electron chi connectivity index (χ0n) is 20.1. The first-order valence-electron chi connectivity index (χ1n) is 11.9. The van der Waals surface area contributed by atoms with Crippen molar-refractivity contribution in [2.75, 3.05) is 18.0 Å². The molecule has 1 aliphatic heterocycles. The van der Waals surface area contributed by atoms with Crippen LogP contribution in [0.2, 0.25) is 0 Å². The molecule has 2 aromatic carbocycles. The molecule has 2 N–H and O–H groups in total. The number of aromatic nitrogens is 2. The molecule has 2 atom stereocenters. The normalized spacial score (nSPS) is 17.2. The predicted molar refractivity (Wildman–Crippen MR) is 130 cm³/mol. The van der Waals surface area contributed by atoms with E-state index in [-0.39, 0.29) is 37.3 Å².